The molecule has 0 fully saturated rings. The second-order valence-electron chi connectivity index (χ2n) is 4.88. The number of rotatable bonds is 3. The zero-order valence-corrected chi connectivity index (χ0v) is 11.5. The predicted octanol–water partition coefficient (Wildman–Crippen LogP) is 2.39. The first-order chi connectivity index (χ1) is 9.63. The largest absolute Gasteiger partial charge is 0.361 e. The molecule has 0 aliphatic heterocycles. The van der Waals surface area contributed by atoms with Crippen molar-refractivity contribution in [3.05, 3.63) is 47.8 Å². The molecule has 2 heterocycles. The lowest BCUT2D eigenvalue weighted by Crippen LogP contribution is -2.16. The van der Waals surface area contributed by atoms with Gasteiger partial charge >= 0.3 is 0 Å². The molecule has 1 amide bonds. The molecule has 2 N–H and O–H groups in total. The summed E-state index contributed by atoms with van der Waals surface area (Å²) in [5, 5.41) is 8.18. The molecule has 102 valence electrons. The van der Waals surface area contributed by atoms with Gasteiger partial charge in [0.15, 0.2) is 0 Å². The Labute approximate surface area is 116 Å². The second-order valence-corrected chi connectivity index (χ2v) is 4.88. The number of anilines is 1. The maximum absolute atomic E-state index is 12.1. The molecule has 0 unspecified atom stereocenters. The van der Waals surface area contributed by atoms with Gasteiger partial charge in [0.1, 0.15) is 5.82 Å². The third-order valence-corrected chi connectivity index (χ3v) is 3.30. The van der Waals surface area contributed by atoms with Gasteiger partial charge < -0.3 is 10.3 Å². The standard InChI is InChI=1S/C15H16N4O/c1-10-7-14(19(2)18-10)17-15(20)8-11-9-16-13-6-4-3-5-12(11)13/h3-7,9,16H,8H2,1-2H3,(H,17,20). The van der Waals surface area contributed by atoms with Gasteiger partial charge in [-0.25, -0.2) is 0 Å². The van der Waals surface area contributed by atoms with Crippen molar-refractivity contribution in [3.63, 3.8) is 0 Å². The van der Waals surface area contributed by atoms with Crippen molar-refractivity contribution in [2.75, 3.05) is 5.32 Å². The number of para-hydroxylation sites is 1. The van der Waals surface area contributed by atoms with Gasteiger partial charge in [-0.2, -0.15) is 5.10 Å². The molecule has 1 aromatic carbocycles. The summed E-state index contributed by atoms with van der Waals surface area (Å²) in [6.07, 6.45) is 2.23. The summed E-state index contributed by atoms with van der Waals surface area (Å²) < 4.78 is 1.67. The van der Waals surface area contributed by atoms with E-state index in [9.17, 15) is 4.79 Å². The average molecular weight is 268 g/mol. The maximum Gasteiger partial charge on any atom is 0.230 e. The zero-order chi connectivity index (χ0) is 14.1. The van der Waals surface area contributed by atoms with Crippen LogP contribution in [0.25, 0.3) is 10.9 Å². The monoisotopic (exact) mass is 268 g/mol. The second kappa shape index (κ2) is 4.85. The van der Waals surface area contributed by atoms with Gasteiger partial charge in [0, 0.05) is 30.2 Å². The minimum atomic E-state index is -0.0437. The summed E-state index contributed by atoms with van der Waals surface area (Å²) in [4.78, 5) is 15.3. The Morgan fingerprint density at radius 1 is 1.40 bits per heavy atom. The van der Waals surface area contributed by atoms with Crippen molar-refractivity contribution in [3.8, 4) is 0 Å². The van der Waals surface area contributed by atoms with Crippen molar-refractivity contribution >= 4 is 22.6 Å². The molecule has 0 saturated heterocycles. The number of hydrogen-bond acceptors (Lipinski definition) is 2. The number of aromatic nitrogens is 3. The molecule has 3 aromatic rings. The number of nitrogens with zero attached hydrogens (tertiary/aromatic N) is 2. The molecular formula is C15H16N4O. The van der Waals surface area contributed by atoms with Crippen LogP contribution < -0.4 is 5.32 Å². The predicted molar refractivity (Wildman–Crippen MR) is 78.6 cm³/mol. The van der Waals surface area contributed by atoms with Gasteiger partial charge in [-0.3, -0.25) is 9.48 Å². The Hall–Kier alpha value is -2.56. The Kier molecular flexibility index (Phi) is 3.02. The van der Waals surface area contributed by atoms with Gasteiger partial charge in [-0.1, -0.05) is 18.2 Å². The van der Waals surface area contributed by atoms with E-state index in [0.717, 1.165) is 22.2 Å². The van der Waals surface area contributed by atoms with Crippen LogP contribution in [0.15, 0.2) is 36.5 Å². The number of aryl methyl sites for hydroxylation is 2. The van der Waals surface area contributed by atoms with Crippen LogP contribution in [0.4, 0.5) is 5.82 Å². The lowest BCUT2D eigenvalue weighted by molar-refractivity contribution is -0.115. The Bertz CT molecular complexity index is 769. The number of aromatic amines is 1. The van der Waals surface area contributed by atoms with E-state index in [2.05, 4.69) is 15.4 Å². The van der Waals surface area contributed by atoms with Crippen LogP contribution in [0.2, 0.25) is 0 Å². The van der Waals surface area contributed by atoms with Crippen molar-refractivity contribution < 1.29 is 4.79 Å². The number of hydrogen-bond donors (Lipinski definition) is 2. The van der Waals surface area contributed by atoms with Gasteiger partial charge in [0.05, 0.1) is 12.1 Å². The summed E-state index contributed by atoms with van der Waals surface area (Å²) in [7, 11) is 1.81. The summed E-state index contributed by atoms with van der Waals surface area (Å²) in [6, 6.07) is 9.82. The number of carbonyl (C=O) groups excluding carboxylic acids is 1. The topological polar surface area (TPSA) is 62.7 Å². The van der Waals surface area contributed by atoms with Crippen LogP contribution in [0.3, 0.4) is 0 Å². The highest BCUT2D eigenvalue weighted by atomic mass is 16.1. The Morgan fingerprint density at radius 3 is 2.95 bits per heavy atom. The smallest absolute Gasteiger partial charge is 0.230 e. The van der Waals surface area contributed by atoms with Crippen molar-refractivity contribution in [2.24, 2.45) is 7.05 Å². The number of benzene rings is 1. The van der Waals surface area contributed by atoms with Gasteiger partial charge in [0.2, 0.25) is 5.91 Å². The molecule has 3 rings (SSSR count). The van der Waals surface area contributed by atoms with E-state index >= 15 is 0 Å². The number of nitrogens with one attached hydrogen (secondary N) is 2. The van der Waals surface area contributed by atoms with Crippen LogP contribution in [0, 0.1) is 6.92 Å². The molecular weight excluding hydrogens is 252 g/mol. The first kappa shape index (κ1) is 12.5. The van der Waals surface area contributed by atoms with Crippen molar-refractivity contribution in [1.29, 1.82) is 0 Å². The fourth-order valence-electron chi connectivity index (χ4n) is 2.37. The van der Waals surface area contributed by atoms with Gasteiger partial charge in [-0.15, -0.1) is 0 Å². The molecule has 5 nitrogen and oxygen atoms in total. The molecule has 0 saturated carbocycles. The number of fused-ring (bicyclic) bond motifs is 1. The van der Waals surface area contributed by atoms with Crippen molar-refractivity contribution in [1.82, 2.24) is 14.8 Å². The lowest BCUT2D eigenvalue weighted by Gasteiger charge is -2.04. The van der Waals surface area contributed by atoms with E-state index in [1.807, 2.05) is 50.5 Å². The van der Waals surface area contributed by atoms with Crippen LogP contribution >= 0.6 is 0 Å². The highest BCUT2D eigenvalue weighted by Gasteiger charge is 2.10. The average Bonchev–Trinajstić information content (AvgIpc) is 2.94. The highest BCUT2D eigenvalue weighted by molar-refractivity contribution is 5.95. The van der Waals surface area contributed by atoms with E-state index in [1.54, 1.807) is 4.68 Å². The molecule has 0 aliphatic rings. The van der Waals surface area contributed by atoms with Crippen LogP contribution in [-0.2, 0) is 18.3 Å². The van der Waals surface area contributed by atoms with E-state index < -0.39 is 0 Å². The number of H-pyrrole nitrogens is 1. The van der Waals surface area contributed by atoms with E-state index in [1.165, 1.54) is 0 Å². The summed E-state index contributed by atoms with van der Waals surface area (Å²) in [6.45, 7) is 1.90. The SMILES string of the molecule is Cc1cc(NC(=O)Cc2c[nH]c3ccccc23)n(C)n1. The molecule has 0 spiro atoms. The Morgan fingerprint density at radius 2 is 2.20 bits per heavy atom. The van der Waals surface area contributed by atoms with Crippen LogP contribution in [-0.4, -0.2) is 20.7 Å². The molecule has 5 heteroatoms. The minimum Gasteiger partial charge on any atom is -0.361 e. The summed E-state index contributed by atoms with van der Waals surface area (Å²) in [5.74, 6) is 0.671. The molecule has 0 bridgehead atoms. The number of carbonyl (C=O) groups is 1. The molecule has 0 aliphatic carbocycles. The van der Waals surface area contributed by atoms with Gasteiger partial charge in [-0.05, 0) is 18.6 Å². The van der Waals surface area contributed by atoms with E-state index in [-0.39, 0.29) is 5.91 Å². The summed E-state index contributed by atoms with van der Waals surface area (Å²) in [5.41, 5.74) is 2.93. The minimum absolute atomic E-state index is 0.0437. The molecule has 0 atom stereocenters. The quantitative estimate of drug-likeness (QED) is 0.766. The van der Waals surface area contributed by atoms with Crippen LogP contribution in [0.5, 0.6) is 0 Å². The first-order valence-corrected chi connectivity index (χ1v) is 6.49. The normalized spacial score (nSPS) is 10.9. The maximum atomic E-state index is 12.1. The summed E-state index contributed by atoms with van der Waals surface area (Å²) >= 11 is 0. The third-order valence-electron chi connectivity index (χ3n) is 3.30. The molecule has 20 heavy (non-hydrogen) atoms. The zero-order valence-electron chi connectivity index (χ0n) is 11.5. The van der Waals surface area contributed by atoms with Gasteiger partial charge in [0.25, 0.3) is 0 Å². The molecule has 2 aromatic heterocycles. The van der Waals surface area contributed by atoms with E-state index in [4.69, 9.17) is 0 Å². The first-order valence-electron chi connectivity index (χ1n) is 6.49. The highest BCUT2D eigenvalue weighted by Crippen LogP contribution is 2.18. The fraction of sp³-hybridized carbons (Fsp3) is 0.200. The Balaban J connectivity index is 1.77. The molecule has 0 radical (unpaired) electrons. The lowest BCUT2D eigenvalue weighted by atomic mass is 10.1. The number of amides is 1. The third kappa shape index (κ3) is 2.30. The van der Waals surface area contributed by atoms with Crippen molar-refractivity contribution in [2.45, 2.75) is 13.3 Å². The van der Waals surface area contributed by atoms with E-state index in [0.29, 0.717) is 12.2 Å². The fourth-order valence-corrected chi connectivity index (χ4v) is 2.37. The van der Waals surface area contributed by atoms with Crippen LogP contribution in [0.1, 0.15) is 11.3 Å².